The van der Waals surface area contributed by atoms with Gasteiger partial charge in [-0.3, -0.25) is 4.79 Å². The lowest BCUT2D eigenvalue weighted by Gasteiger charge is -2.09. The molecule has 1 aromatic carbocycles. The van der Waals surface area contributed by atoms with E-state index in [-0.39, 0.29) is 5.91 Å². The molecular formula is C19H26N4O2. The average Bonchev–Trinajstić information content (AvgIpc) is 2.62. The maximum atomic E-state index is 12.1. The molecule has 0 aliphatic heterocycles. The minimum absolute atomic E-state index is 0.168. The summed E-state index contributed by atoms with van der Waals surface area (Å²) in [5.74, 6) is 1.69. The molecule has 6 heteroatoms. The van der Waals surface area contributed by atoms with Crippen LogP contribution < -0.4 is 15.4 Å². The number of benzene rings is 1. The van der Waals surface area contributed by atoms with Crippen molar-refractivity contribution in [1.82, 2.24) is 15.3 Å². The van der Waals surface area contributed by atoms with Gasteiger partial charge in [0.1, 0.15) is 11.4 Å². The summed E-state index contributed by atoms with van der Waals surface area (Å²) in [6.07, 6.45) is 3.35. The number of anilines is 1. The van der Waals surface area contributed by atoms with Gasteiger partial charge in [-0.05, 0) is 42.5 Å². The van der Waals surface area contributed by atoms with Crippen molar-refractivity contribution in [3.63, 3.8) is 0 Å². The first-order valence-corrected chi connectivity index (χ1v) is 8.56. The molecule has 0 bridgehead atoms. The van der Waals surface area contributed by atoms with Crippen LogP contribution in [0.3, 0.4) is 0 Å². The summed E-state index contributed by atoms with van der Waals surface area (Å²) in [7, 11) is 1.66. The Balaban J connectivity index is 1.85. The van der Waals surface area contributed by atoms with Crippen molar-refractivity contribution in [3.05, 3.63) is 47.8 Å². The van der Waals surface area contributed by atoms with Crippen molar-refractivity contribution in [3.8, 4) is 5.75 Å². The van der Waals surface area contributed by atoms with Crippen LogP contribution in [-0.2, 0) is 6.42 Å². The molecule has 0 radical (unpaired) electrons. The Morgan fingerprint density at radius 2 is 2.08 bits per heavy atom. The van der Waals surface area contributed by atoms with Gasteiger partial charge in [-0.2, -0.15) is 0 Å². The van der Waals surface area contributed by atoms with Gasteiger partial charge in [0.15, 0.2) is 0 Å². The van der Waals surface area contributed by atoms with E-state index < -0.39 is 0 Å². The second-order valence-electron chi connectivity index (χ2n) is 6.23. The van der Waals surface area contributed by atoms with Crippen LogP contribution in [0.15, 0.2) is 36.5 Å². The smallest absolute Gasteiger partial charge is 0.270 e. The highest BCUT2D eigenvalue weighted by Crippen LogP contribution is 2.13. The second kappa shape index (κ2) is 9.61. The first kappa shape index (κ1) is 18.7. The van der Waals surface area contributed by atoms with E-state index in [2.05, 4.69) is 34.4 Å². The Morgan fingerprint density at radius 1 is 1.24 bits per heavy atom. The molecule has 25 heavy (non-hydrogen) atoms. The monoisotopic (exact) mass is 342 g/mol. The fourth-order valence-electron chi connectivity index (χ4n) is 2.28. The van der Waals surface area contributed by atoms with Crippen molar-refractivity contribution in [2.45, 2.75) is 26.7 Å². The molecule has 0 aliphatic carbocycles. The zero-order chi connectivity index (χ0) is 18.1. The number of ether oxygens (including phenoxy) is 1. The first-order chi connectivity index (χ1) is 12.1. The van der Waals surface area contributed by atoms with Crippen LogP contribution in [0.5, 0.6) is 5.75 Å². The van der Waals surface area contributed by atoms with Gasteiger partial charge in [0.25, 0.3) is 5.91 Å². The van der Waals surface area contributed by atoms with E-state index in [1.807, 2.05) is 24.3 Å². The summed E-state index contributed by atoms with van der Waals surface area (Å²) < 4.78 is 5.22. The second-order valence-corrected chi connectivity index (χ2v) is 6.23. The van der Waals surface area contributed by atoms with Crippen LogP contribution in [0.1, 0.15) is 36.3 Å². The lowest BCUT2D eigenvalue weighted by Crippen LogP contribution is -2.26. The van der Waals surface area contributed by atoms with E-state index in [0.717, 1.165) is 24.2 Å². The minimum atomic E-state index is -0.168. The third-order valence-electron chi connectivity index (χ3n) is 3.73. The zero-order valence-electron chi connectivity index (χ0n) is 15.1. The standard InChI is InChI=1S/C19H26N4O2/c1-14(2)7-10-20-18(24)17-9-12-22-19(23-17)21-11-8-15-5-4-6-16(13-15)25-3/h4-6,9,12-14H,7-8,10-11H2,1-3H3,(H,20,24)(H,21,22,23). The van der Waals surface area contributed by atoms with E-state index >= 15 is 0 Å². The van der Waals surface area contributed by atoms with Gasteiger partial charge in [0.2, 0.25) is 5.95 Å². The summed E-state index contributed by atoms with van der Waals surface area (Å²) in [4.78, 5) is 20.5. The lowest BCUT2D eigenvalue weighted by atomic mass is 10.1. The van der Waals surface area contributed by atoms with E-state index in [1.54, 1.807) is 19.4 Å². The number of hydrogen-bond acceptors (Lipinski definition) is 5. The maximum absolute atomic E-state index is 12.1. The molecule has 2 rings (SSSR count). The topological polar surface area (TPSA) is 76.1 Å². The van der Waals surface area contributed by atoms with Crippen LogP contribution in [0.25, 0.3) is 0 Å². The van der Waals surface area contributed by atoms with Crippen molar-refractivity contribution < 1.29 is 9.53 Å². The van der Waals surface area contributed by atoms with Crippen molar-refractivity contribution >= 4 is 11.9 Å². The molecule has 2 N–H and O–H groups in total. The van der Waals surface area contributed by atoms with Gasteiger partial charge in [-0.15, -0.1) is 0 Å². The van der Waals surface area contributed by atoms with E-state index in [9.17, 15) is 4.79 Å². The van der Waals surface area contributed by atoms with Gasteiger partial charge in [-0.1, -0.05) is 26.0 Å². The first-order valence-electron chi connectivity index (χ1n) is 8.56. The minimum Gasteiger partial charge on any atom is -0.497 e. The largest absolute Gasteiger partial charge is 0.497 e. The summed E-state index contributed by atoms with van der Waals surface area (Å²) in [6, 6.07) is 9.55. The van der Waals surface area contributed by atoms with Crippen LogP contribution in [0.4, 0.5) is 5.95 Å². The van der Waals surface area contributed by atoms with E-state index in [0.29, 0.717) is 30.6 Å². The molecule has 2 aromatic rings. The third kappa shape index (κ3) is 6.41. The Kier molecular flexibility index (Phi) is 7.19. The van der Waals surface area contributed by atoms with Crippen LogP contribution >= 0.6 is 0 Å². The molecule has 0 fully saturated rings. The molecule has 0 unspecified atom stereocenters. The number of rotatable bonds is 9. The molecule has 0 spiro atoms. The fourth-order valence-corrected chi connectivity index (χ4v) is 2.28. The number of nitrogens with one attached hydrogen (secondary N) is 2. The van der Waals surface area contributed by atoms with Crippen molar-refractivity contribution in [2.24, 2.45) is 5.92 Å². The van der Waals surface area contributed by atoms with Gasteiger partial charge in [-0.25, -0.2) is 9.97 Å². The molecule has 134 valence electrons. The Bertz CT molecular complexity index is 689. The Hall–Kier alpha value is -2.63. The number of aromatic nitrogens is 2. The van der Waals surface area contributed by atoms with Crippen LogP contribution in [0, 0.1) is 5.92 Å². The average molecular weight is 342 g/mol. The predicted octanol–water partition coefficient (Wildman–Crippen LogP) is 2.92. The summed E-state index contributed by atoms with van der Waals surface area (Å²) >= 11 is 0. The summed E-state index contributed by atoms with van der Waals surface area (Å²) in [6.45, 7) is 5.58. The Labute approximate surface area is 149 Å². The van der Waals surface area contributed by atoms with Crippen LogP contribution in [0.2, 0.25) is 0 Å². The molecule has 0 atom stereocenters. The predicted molar refractivity (Wildman–Crippen MR) is 99.0 cm³/mol. The molecule has 0 saturated heterocycles. The number of amides is 1. The highest BCUT2D eigenvalue weighted by molar-refractivity contribution is 5.92. The Morgan fingerprint density at radius 3 is 2.84 bits per heavy atom. The highest BCUT2D eigenvalue weighted by Gasteiger charge is 2.08. The van der Waals surface area contributed by atoms with Gasteiger partial charge >= 0.3 is 0 Å². The van der Waals surface area contributed by atoms with Crippen molar-refractivity contribution in [2.75, 3.05) is 25.5 Å². The van der Waals surface area contributed by atoms with Gasteiger partial charge < -0.3 is 15.4 Å². The normalized spacial score (nSPS) is 10.6. The highest BCUT2D eigenvalue weighted by atomic mass is 16.5. The van der Waals surface area contributed by atoms with E-state index in [1.165, 1.54) is 0 Å². The molecule has 0 aliphatic rings. The number of carbonyl (C=O) groups excluding carboxylic acids is 1. The molecule has 0 saturated carbocycles. The number of nitrogens with zero attached hydrogens (tertiary/aromatic N) is 2. The molecule has 1 amide bonds. The van der Waals surface area contributed by atoms with Crippen LogP contribution in [-0.4, -0.2) is 36.1 Å². The number of hydrogen-bond donors (Lipinski definition) is 2. The molecular weight excluding hydrogens is 316 g/mol. The third-order valence-corrected chi connectivity index (χ3v) is 3.73. The molecule has 6 nitrogen and oxygen atoms in total. The number of methoxy groups -OCH3 is 1. The fraction of sp³-hybridized carbons (Fsp3) is 0.421. The quantitative estimate of drug-likeness (QED) is 0.733. The van der Waals surface area contributed by atoms with E-state index in [4.69, 9.17) is 4.74 Å². The molecule has 1 heterocycles. The number of carbonyl (C=O) groups is 1. The molecule has 1 aromatic heterocycles. The summed E-state index contributed by atoms with van der Waals surface area (Å²) in [5, 5.41) is 6.04. The SMILES string of the molecule is COc1cccc(CCNc2nccc(C(=O)NCCC(C)C)n2)c1. The lowest BCUT2D eigenvalue weighted by molar-refractivity contribution is 0.0947. The van der Waals surface area contributed by atoms with Crippen molar-refractivity contribution in [1.29, 1.82) is 0 Å². The van der Waals surface area contributed by atoms with Gasteiger partial charge in [0.05, 0.1) is 7.11 Å². The summed E-state index contributed by atoms with van der Waals surface area (Å²) in [5.41, 5.74) is 1.54. The zero-order valence-corrected chi connectivity index (χ0v) is 15.1. The maximum Gasteiger partial charge on any atom is 0.270 e. The van der Waals surface area contributed by atoms with Gasteiger partial charge in [0, 0.05) is 19.3 Å².